The van der Waals surface area contributed by atoms with Crippen molar-refractivity contribution in [3.8, 4) is 34.1 Å². The summed E-state index contributed by atoms with van der Waals surface area (Å²) in [6.07, 6.45) is 10.8. The topological polar surface area (TPSA) is 171 Å². The molecule has 2 amide bonds. The maximum atomic E-state index is 12.5. The summed E-state index contributed by atoms with van der Waals surface area (Å²) < 4.78 is 0. The Morgan fingerprint density at radius 1 is 0.562 bits per heavy atom. The Balaban J connectivity index is 1.21. The maximum Gasteiger partial charge on any atom is 0.244 e. The van der Waals surface area contributed by atoms with Gasteiger partial charge in [-0.05, 0) is 95.8 Å². The Labute approximate surface area is 275 Å². The molecule has 6 aromatic rings. The predicted octanol–water partition coefficient (Wildman–Crippen LogP) is 5.88. The molecule has 0 radical (unpaired) electrons. The monoisotopic (exact) mass is 642 g/mol. The van der Waals surface area contributed by atoms with E-state index in [1.165, 1.54) is 12.2 Å². The molecule has 242 valence electrons. The lowest BCUT2D eigenvalue weighted by Gasteiger charge is -2.14. The molecular formula is C38H34N4O6. The van der Waals surface area contributed by atoms with Crippen LogP contribution in [0.25, 0.3) is 45.1 Å². The van der Waals surface area contributed by atoms with Crippen LogP contribution in [0.4, 0.5) is 0 Å². The third-order valence-electron chi connectivity index (χ3n) is 8.09. The summed E-state index contributed by atoms with van der Waals surface area (Å²) in [4.78, 5) is 31.5. The van der Waals surface area contributed by atoms with Gasteiger partial charge in [0, 0.05) is 70.6 Å². The lowest BCUT2D eigenvalue weighted by atomic mass is 9.92. The van der Waals surface area contributed by atoms with Gasteiger partial charge in [-0.2, -0.15) is 0 Å². The number of rotatable bonds is 11. The highest BCUT2D eigenvalue weighted by molar-refractivity contribution is 6.10. The van der Waals surface area contributed by atoms with E-state index in [4.69, 9.17) is 0 Å². The van der Waals surface area contributed by atoms with Crippen LogP contribution in [0.15, 0.2) is 97.3 Å². The second-order valence-electron chi connectivity index (χ2n) is 11.3. The van der Waals surface area contributed by atoms with Crippen LogP contribution in [-0.2, 0) is 22.4 Å². The summed E-state index contributed by atoms with van der Waals surface area (Å²) in [5.74, 6) is -0.253. The standard InChI is InChI=1S/C38H34N4O6/c43-27-7-1-23(2-8-27)5-15-33(47)39-19-17-25-21-41-29-11-13-31(45)37(35(25)29)38-32(46)14-12-30-36(38)26(22-42-30)18-20-40-34(48)16-6-24-3-9-28(44)10-4-24/h1-16,21-22,41-46H,17-20H2,(H,39,47)(H,40,48)/b15-5+,16-6+. The van der Waals surface area contributed by atoms with E-state index in [1.54, 1.807) is 84.9 Å². The number of H-pyrrole nitrogens is 2. The first-order valence-corrected chi connectivity index (χ1v) is 15.4. The molecule has 0 aliphatic carbocycles. The summed E-state index contributed by atoms with van der Waals surface area (Å²) in [6, 6.07) is 19.7. The zero-order chi connectivity index (χ0) is 33.6. The summed E-state index contributed by atoms with van der Waals surface area (Å²) in [7, 11) is 0. The van der Waals surface area contributed by atoms with Crippen molar-refractivity contribution < 1.29 is 30.0 Å². The molecule has 0 aliphatic heterocycles. The zero-order valence-electron chi connectivity index (χ0n) is 25.8. The van der Waals surface area contributed by atoms with Crippen molar-refractivity contribution in [1.29, 1.82) is 0 Å². The minimum Gasteiger partial charge on any atom is -0.508 e. The molecule has 2 aromatic heterocycles. The van der Waals surface area contributed by atoms with Crippen LogP contribution in [0.3, 0.4) is 0 Å². The van der Waals surface area contributed by atoms with Gasteiger partial charge in [0.15, 0.2) is 0 Å². The van der Waals surface area contributed by atoms with E-state index >= 15 is 0 Å². The average Bonchev–Trinajstić information content (AvgIpc) is 3.69. The van der Waals surface area contributed by atoms with Gasteiger partial charge < -0.3 is 41.0 Å². The van der Waals surface area contributed by atoms with E-state index < -0.39 is 0 Å². The summed E-state index contributed by atoms with van der Waals surface area (Å²) in [5, 5.41) is 48.6. The number of hydrogen-bond acceptors (Lipinski definition) is 6. The van der Waals surface area contributed by atoms with Gasteiger partial charge in [-0.25, -0.2) is 0 Å². The predicted molar refractivity (Wildman–Crippen MR) is 187 cm³/mol. The number of fused-ring (bicyclic) bond motifs is 2. The lowest BCUT2D eigenvalue weighted by Crippen LogP contribution is -2.23. The van der Waals surface area contributed by atoms with E-state index in [2.05, 4.69) is 20.6 Å². The van der Waals surface area contributed by atoms with Gasteiger partial charge >= 0.3 is 0 Å². The summed E-state index contributed by atoms with van der Waals surface area (Å²) >= 11 is 0. The van der Waals surface area contributed by atoms with Crippen LogP contribution in [0.5, 0.6) is 23.0 Å². The molecule has 4 aromatic carbocycles. The molecule has 0 spiro atoms. The second kappa shape index (κ2) is 13.9. The van der Waals surface area contributed by atoms with Gasteiger partial charge in [0.25, 0.3) is 0 Å². The molecule has 0 atom stereocenters. The molecule has 10 heteroatoms. The fourth-order valence-electron chi connectivity index (χ4n) is 5.74. The number of hydrogen-bond donors (Lipinski definition) is 8. The quantitative estimate of drug-likeness (QED) is 0.0820. The number of phenolic OH excluding ortho intramolecular Hbond substituents is 4. The first-order valence-electron chi connectivity index (χ1n) is 15.4. The van der Waals surface area contributed by atoms with Gasteiger partial charge in [-0.15, -0.1) is 0 Å². The highest BCUT2D eigenvalue weighted by atomic mass is 16.3. The Kier molecular flexibility index (Phi) is 9.15. The number of aromatic nitrogens is 2. The molecule has 0 bridgehead atoms. The van der Waals surface area contributed by atoms with E-state index in [0.29, 0.717) is 37.1 Å². The van der Waals surface area contributed by atoms with Crippen molar-refractivity contribution >= 4 is 45.8 Å². The Morgan fingerprint density at radius 2 is 0.958 bits per heavy atom. The number of carbonyl (C=O) groups excluding carboxylic acids is 2. The van der Waals surface area contributed by atoms with Gasteiger partial charge in [0.05, 0.1) is 0 Å². The van der Waals surface area contributed by atoms with Crippen molar-refractivity contribution in [1.82, 2.24) is 20.6 Å². The molecule has 0 aliphatic rings. The van der Waals surface area contributed by atoms with E-state index in [-0.39, 0.29) is 34.8 Å². The molecule has 10 nitrogen and oxygen atoms in total. The smallest absolute Gasteiger partial charge is 0.244 e. The van der Waals surface area contributed by atoms with Crippen molar-refractivity contribution in [2.45, 2.75) is 12.8 Å². The Morgan fingerprint density at radius 3 is 1.35 bits per heavy atom. The number of phenols is 4. The molecule has 0 saturated heterocycles. The third-order valence-corrected chi connectivity index (χ3v) is 8.09. The maximum absolute atomic E-state index is 12.5. The zero-order valence-corrected chi connectivity index (χ0v) is 25.8. The fraction of sp³-hybridized carbons (Fsp3) is 0.105. The molecule has 8 N–H and O–H groups in total. The minimum absolute atomic E-state index is 0.00756. The van der Waals surface area contributed by atoms with Gasteiger partial charge in [-0.1, -0.05) is 24.3 Å². The number of amides is 2. The molecular weight excluding hydrogens is 608 g/mol. The van der Waals surface area contributed by atoms with E-state index in [1.807, 2.05) is 12.4 Å². The molecule has 2 heterocycles. The molecule has 48 heavy (non-hydrogen) atoms. The molecule has 0 fully saturated rings. The molecule has 0 unspecified atom stereocenters. The number of benzene rings is 4. The number of aromatic amines is 2. The Hall–Kier alpha value is -6.42. The highest BCUT2D eigenvalue weighted by Gasteiger charge is 2.22. The Bertz CT molecular complexity index is 2000. The largest absolute Gasteiger partial charge is 0.508 e. The van der Waals surface area contributed by atoms with Crippen LogP contribution < -0.4 is 10.6 Å². The van der Waals surface area contributed by atoms with Crippen LogP contribution in [0, 0.1) is 0 Å². The van der Waals surface area contributed by atoms with Gasteiger partial charge in [-0.3, -0.25) is 9.59 Å². The van der Waals surface area contributed by atoms with E-state index in [0.717, 1.165) is 44.1 Å². The van der Waals surface area contributed by atoms with Crippen LogP contribution in [-0.4, -0.2) is 55.3 Å². The first kappa shape index (κ1) is 31.6. The number of carbonyl (C=O) groups is 2. The second-order valence-corrected chi connectivity index (χ2v) is 11.3. The summed E-state index contributed by atoms with van der Waals surface area (Å²) in [5.41, 5.74) is 5.71. The summed E-state index contributed by atoms with van der Waals surface area (Å²) in [6.45, 7) is 0.653. The van der Waals surface area contributed by atoms with E-state index in [9.17, 15) is 30.0 Å². The van der Waals surface area contributed by atoms with Crippen molar-refractivity contribution in [2.24, 2.45) is 0 Å². The van der Waals surface area contributed by atoms with Gasteiger partial charge in [0.2, 0.25) is 11.8 Å². The highest BCUT2D eigenvalue weighted by Crippen LogP contribution is 2.46. The minimum atomic E-state index is -0.270. The SMILES string of the molecule is O=C(/C=C/c1ccc(O)cc1)NCCc1c[nH]c2ccc(O)c(-c3c(O)ccc4[nH]cc(CCNC(=O)/C=C/c5ccc(O)cc5)c34)c12. The van der Waals surface area contributed by atoms with Crippen LogP contribution in [0.2, 0.25) is 0 Å². The number of aromatic hydroxyl groups is 4. The molecule has 6 rings (SSSR count). The number of nitrogens with one attached hydrogen (secondary N) is 4. The average molecular weight is 643 g/mol. The molecule has 0 saturated carbocycles. The lowest BCUT2D eigenvalue weighted by molar-refractivity contribution is -0.117. The van der Waals surface area contributed by atoms with Crippen molar-refractivity contribution in [3.05, 3.63) is 120 Å². The van der Waals surface area contributed by atoms with Crippen LogP contribution in [0.1, 0.15) is 22.3 Å². The van der Waals surface area contributed by atoms with Gasteiger partial charge in [0.1, 0.15) is 23.0 Å². The fourth-order valence-corrected chi connectivity index (χ4v) is 5.74. The normalized spacial score (nSPS) is 11.6. The first-order chi connectivity index (χ1) is 23.3. The van der Waals surface area contributed by atoms with Crippen molar-refractivity contribution in [2.75, 3.05) is 13.1 Å². The van der Waals surface area contributed by atoms with Crippen LogP contribution >= 0.6 is 0 Å². The van der Waals surface area contributed by atoms with Crippen molar-refractivity contribution in [3.63, 3.8) is 0 Å². The third kappa shape index (κ3) is 7.02.